The Morgan fingerprint density at radius 3 is 2.89 bits per heavy atom. The Balaban J connectivity index is 0.00000162. The number of likely N-dealkylation sites (tertiary alicyclic amines) is 1. The predicted octanol–water partition coefficient (Wildman–Crippen LogP) is 1.52. The van der Waals surface area contributed by atoms with Gasteiger partial charge in [0.1, 0.15) is 5.69 Å². The van der Waals surface area contributed by atoms with Crippen molar-refractivity contribution in [3.8, 4) is 0 Å². The Bertz CT molecular complexity index is 405. The van der Waals surface area contributed by atoms with E-state index in [9.17, 15) is 4.79 Å². The van der Waals surface area contributed by atoms with Gasteiger partial charge in [-0.1, -0.05) is 13.8 Å². The maximum absolute atomic E-state index is 12.2. The van der Waals surface area contributed by atoms with E-state index in [0.717, 1.165) is 25.1 Å². The quantitative estimate of drug-likeness (QED) is 0.857. The molecule has 6 heteroatoms. The summed E-state index contributed by atoms with van der Waals surface area (Å²) < 4.78 is 0. The lowest BCUT2D eigenvalue weighted by Gasteiger charge is -2.30. The van der Waals surface area contributed by atoms with Gasteiger partial charge in [0.15, 0.2) is 0 Å². The SMILES string of the molecule is CC(C)c1cc(C(=O)N2CCCC(N)C2)n[nH]1.Cl. The van der Waals surface area contributed by atoms with Gasteiger partial charge in [-0.2, -0.15) is 5.10 Å². The van der Waals surface area contributed by atoms with Crippen molar-refractivity contribution in [1.82, 2.24) is 15.1 Å². The summed E-state index contributed by atoms with van der Waals surface area (Å²) in [6.07, 6.45) is 1.98. The number of amides is 1. The molecule has 102 valence electrons. The molecule has 1 fully saturated rings. The van der Waals surface area contributed by atoms with E-state index in [-0.39, 0.29) is 24.4 Å². The highest BCUT2D eigenvalue weighted by atomic mass is 35.5. The van der Waals surface area contributed by atoms with Gasteiger partial charge in [0.25, 0.3) is 5.91 Å². The third-order valence-electron chi connectivity index (χ3n) is 3.18. The molecule has 3 N–H and O–H groups in total. The maximum atomic E-state index is 12.2. The fourth-order valence-corrected chi connectivity index (χ4v) is 2.10. The van der Waals surface area contributed by atoms with Gasteiger partial charge in [0.2, 0.25) is 0 Å². The van der Waals surface area contributed by atoms with Crippen LogP contribution in [0.1, 0.15) is 48.8 Å². The van der Waals surface area contributed by atoms with E-state index in [1.54, 1.807) is 4.90 Å². The van der Waals surface area contributed by atoms with Crippen molar-refractivity contribution in [2.75, 3.05) is 13.1 Å². The summed E-state index contributed by atoms with van der Waals surface area (Å²) in [5.74, 6) is 0.343. The zero-order valence-corrected chi connectivity index (χ0v) is 11.7. The number of aromatic nitrogens is 2. The first-order valence-corrected chi connectivity index (χ1v) is 6.18. The molecule has 0 bridgehead atoms. The first-order chi connectivity index (χ1) is 8.08. The van der Waals surface area contributed by atoms with Gasteiger partial charge >= 0.3 is 0 Å². The fraction of sp³-hybridized carbons (Fsp3) is 0.667. The summed E-state index contributed by atoms with van der Waals surface area (Å²) in [5.41, 5.74) is 7.37. The van der Waals surface area contributed by atoms with Gasteiger partial charge in [-0.25, -0.2) is 0 Å². The standard InChI is InChI=1S/C12H20N4O.ClH/c1-8(2)10-6-11(15-14-10)12(17)16-5-3-4-9(13)7-16;/h6,8-9H,3-5,7,13H2,1-2H3,(H,14,15);1H. The van der Waals surface area contributed by atoms with Crippen LogP contribution in [0.3, 0.4) is 0 Å². The highest BCUT2D eigenvalue weighted by molar-refractivity contribution is 5.92. The lowest BCUT2D eigenvalue weighted by molar-refractivity contribution is 0.0703. The number of carbonyl (C=O) groups is 1. The molecule has 0 aromatic carbocycles. The molecule has 1 aromatic rings. The summed E-state index contributed by atoms with van der Waals surface area (Å²) in [7, 11) is 0. The fourth-order valence-electron chi connectivity index (χ4n) is 2.10. The summed E-state index contributed by atoms with van der Waals surface area (Å²) in [6.45, 7) is 5.57. The number of hydrogen-bond donors (Lipinski definition) is 2. The average molecular weight is 273 g/mol. The number of carbonyl (C=O) groups excluding carboxylic acids is 1. The average Bonchev–Trinajstić information content (AvgIpc) is 2.77. The van der Waals surface area contributed by atoms with Gasteiger partial charge < -0.3 is 10.6 Å². The van der Waals surface area contributed by atoms with Crippen LogP contribution in [0.4, 0.5) is 0 Å². The number of nitrogens with zero attached hydrogens (tertiary/aromatic N) is 2. The summed E-state index contributed by atoms with van der Waals surface area (Å²) >= 11 is 0. The largest absolute Gasteiger partial charge is 0.336 e. The predicted molar refractivity (Wildman–Crippen MR) is 73.0 cm³/mol. The Kier molecular flexibility index (Phi) is 5.16. The van der Waals surface area contributed by atoms with Crippen LogP contribution in [-0.2, 0) is 0 Å². The van der Waals surface area contributed by atoms with Gasteiger partial charge in [-0.15, -0.1) is 12.4 Å². The van der Waals surface area contributed by atoms with Crippen LogP contribution in [0.15, 0.2) is 6.07 Å². The van der Waals surface area contributed by atoms with Gasteiger partial charge in [0, 0.05) is 24.8 Å². The first kappa shape index (κ1) is 15.0. The van der Waals surface area contributed by atoms with E-state index < -0.39 is 0 Å². The molecular formula is C12H21ClN4O. The Morgan fingerprint density at radius 2 is 2.33 bits per heavy atom. The second-order valence-corrected chi connectivity index (χ2v) is 5.02. The molecule has 0 aliphatic carbocycles. The zero-order chi connectivity index (χ0) is 12.4. The van der Waals surface area contributed by atoms with Crippen LogP contribution < -0.4 is 5.73 Å². The molecule has 2 rings (SSSR count). The molecule has 1 saturated heterocycles. The molecule has 0 saturated carbocycles. The van der Waals surface area contributed by atoms with Crippen molar-refractivity contribution in [3.63, 3.8) is 0 Å². The molecule has 5 nitrogen and oxygen atoms in total. The monoisotopic (exact) mass is 272 g/mol. The molecule has 0 spiro atoms. The maximum Gasteiger partial charge on any atom is 0.274 e. The summed E-state index contributed by atoms with van der Waals surface area (Å²) in [5, 5.41) is 6.99. The molecule has 1 aliphatic rings. The van der Waals surface area contributed by atoms with Crippen LogP contribution in [-0.4, -0.2) is 40.1 Å². The Morgan fingerprint density at radius 1 is 1.61 bits per heavy atom. The van der Waals surface area contributed by atoms with E-state index in [0.29, 0.717) is 18.2 Å². The zero-order valence-electron chi connectivity index (χ0n) is 10.8. The molecule has 1 unspecified atom stereocenters. The van der Waals surface area contributed by atoms with E-state index in [2.05, 4.69) is 24.0 Å². The van der Waals surface area contributed by atoms with E-state index >= 15 is 0 Å². The second kappa shape index (κ2) is 6.20. The summed E-state index contributed by atoms with van der Waals surface area (Å²) in [4.78, 5) is 14.0. The third-order valence-corrected chi connectivity index (χ3v) is 3.18. The van der Waals surface area contributed by atoms with Gasteiger partial charge in [0.05, 0.1) is 0 Å². The van der Waals surface area contributed by atoms with Gasteiger partial charge in [-0.3, -0.25) is 9.89 Å². The van der Waals surface area contributed by atoms with E-state index in [1.807, 2.05) is 6.07 Å². The minimum Gasteiger partial charge on any atom is -0.336 e. The number of nitrogens with two attached hydrogens (primary N) is 1. The second-order valence-electron chi connectivity index (χ2n) is 5.02. The van der Waals surface area contributed by atoms with Crippen LogP contribution in [0, 0.1) is 0 Å². The third kappa shape index (κ3) is 3.23. The van der Waals surface area contributed by atoms with Crippen molar-refractivity contribution in [1.29, 1.82) is 0 Å². The number of hydrogen-bond acceptors (Lipinski definition) is 3. The number of H-pyrrole nitrogens is 1. The lowest BCUT2D eigenvalue weighted by atomic mass is 10.1. The number of nitrogens with one attached hydrogen (secondary N) is 1. The van der Waals surface area contributed by atoms with Crippen molar-refractivity contribution in [2.45, 2.75) is 38.6 Å². The molecule has 1 aliphatic heterocycles. The molecule has 1 amide bonds. The molecule has 1 atom stereocenters. The number of rotatable bonds is 2. The van der Waals surface area contributed by atoms with Crippen LogP contribution in [0.25, 0.3) is 0 Å². The Hall–Kier alpha value is -1.07. The van der Waals surface area contributed by atoms with Crippen molar-refractivity contribution in [2.24, 2.45) is 5.73 Å². The molecule has 18 heavy (non-hydrogen) atoms. The molecule has 0 radical (unpaired) electrons. The topological polar surface area (TPSA) is 75.0 Å². The Labute approximate surface area is 114 Å². The lowest BCUT2D eigenvalue weighted by Crippen LogP contribution is -2.45. The number of halogens is 1. The van der Waals surface area contributed by atoms with Crippen molar-refractivity contribution >= 4 is 18.3 Å². The van der Waals surface area contributed by atoms with Gasteiger partial charge in [-0.05, 0) is 24.8 Å². The molecule has 2 heterocycles. The minimum absolute atomic E-state index is 0. The molecular weight excluding hydrogens is 252 g/mol. The minimum atomic E-state index is -0.0108. The van der Waals surface area contributed by atoms with Crippen molar-refractivity contribution in [3.05, 3.63) is 17.5 Å². The highest BCUT2D eigenvalue weighted by Crippen LogP contribution is 2.15. The van der Waals surface area contributed by atoms with Crippen LogP contribution in [0.2, 0.25) is 0 Å². The number of piperidine rings is 1. The van der Waals surface area contributed by atoms with Crippen molar-refractivity contribution < 1.29 is 4.79 Å². The van der Waals surface area contributed by atoms with Crippen LogP contribution in [0.5, 0.6) is 0 Å². The molecule has 1 aromatic heterocycles. The highest BCUT2D eigenvalue weighted by Gasteiger charge is 2.24. The van der Waals surface area contributed by atoms with E-state index in [1.165, 1.54) is 0 Å². The van der Waals surface area contributed by atoms with Crippen LogP contribution >= 0.6 is 12.4 Å². The van der Waals surface area contributed by atoms with E-state index in [4.69, 9.17) is 5.73 Å². The smallest absolute Gasteiger partial charge is 0.274 e. The normalized spacial score (nSPS) is 19.8. The summed E-state index contributed by atoms with van der Waals surface area (Å²) in [6, 6.07) is 1.95. The first-order valence-electron chi connectivity index (χ1n) is 6.18. The number of aromatic amines is 1.